The summed E-state index contributed by atoms with van der Waals surface area (Å²) in [6.45, 7) is 3.20. The van der Waals surface area contributed by atoms with Crippen molar-refractivity contribution in [3.05, 3.63) is 0 Å². The summed E-state index contributed by atoms with van der Waals surface area (Å²) in [5.41, 5.74) is 0. The highest BCUT2D eigenvalue weighted by Gasteiger charge is 2.51. The monoisotopic (exact) mass is 712 g/mol. The third-order valence-corrected chi connectivity index (χ3v) is 9.68. The Bertz CT molecular complexity index is 875. The van der Waals surface area contributed by atoms with Gasteiger partial charge in [0.25, 0.3) is 0 Å². The molecule has 0 spiro atoms. The van der Waals surface area contributed by atoms with E-state index >= 15 is 0 Å². The van der Waals surface area contributed by atoms with Crippen molar-refractivity contribution in [2.24, 2.45) is 0 Å². The molecular weight excluding hydrogens is 647 g/mol. The van der Waals surface area contributed by atoms with Crippen LogP contribution in [-0.2, 0) is 32.7 Å². The zero-order chi connectivity index (χ0) is 35.8. The number of phosphoric acid groups is 1. The number of aliphatic hydroxyl groups is 5. The summed E-state index contributed by atoms with van der Waals surface area (Å²) < 4.78 is 33.2. The van der Waals surface area contributed by atoms with Crippen molar-refractivity contribution >= 4 is 19.8 Å². The second-order valence-electron chi connectivity index (χ2n) is 13.1. The molecule has 0 aromatic heterocycles. The van der Waals surface area contributed by atoms with Gasteiger partial charge in [0.1, 0.15) is 43.2 Å². The molecule has 48 heavy (non-hydrogen) atoms. The van der Waals surface area contributed by atoms with Crippen molar-refractivity contribution in [3.8, 4) is 0 Å². The molecule has 0 heterocycles. The number of aliphatic hydroxyl groups excluding tert-OH is 5. The minimum absolute atomic E-state index is 0.103. The molecule has 13 nitrogen and oxygen atoms in total. The Balaban J connectivity index is 2.56. The van der Waals surface area contributed by atoms with Gasteiger partial charge in [-0.1, -0.05) is 123 Å². The third kappa shape index (κ3) is 19.9. The predicted molar refractivity (Wildman–Crippen MR) is 180 cm³/mol. The second-order valence-corrected chi connectivity index (χ2v) is 14.5. The molecule has 0 aliphatic heterocycles. The maximum absolute atomic E-state index is 12.7. The molecule has 284 valence electrons. The van der Waals surface area contributed by atoms with Crippen LogP contribution in [0.4, 0.5) is 0 Å². The number of ether oxygens (including phenoxy) is 2. The van der Waals surface area contributed by atoms with Crippen LogP contribution < -0.4 is 0 Å². The van der Waals surface area contributed by atoms with Gasteiger partial charge in [-0.3, -0.25) is 18.6 Å². The van der Waals surface area contributed by atoms with Crippen molar-refractivity contribution in [1.29, 1.82) is 0 Å². The quantitative estimate of drug-likeness (QED) is 0.0343. The van der Waals surface area contributed by atoms with E-state index in [2.05, 4.69) is 13.8 Å². The average molecular weight is 713 g/mol. The van der Waals surface area contributed by atoms with Gasteiger partial charge in [-0.15, -0.1) is 0 Å². The number of carbonyl (C=O) groups excluding carboxylic acids is 2. The highest BCUT2D eigenvalue weighted by molar-refractivity contribution is 7.47. The Morgan fingerprint density at radius 2 is 0.938 bits per heavy atom. The van der Waals surface area contributed by atoms with E-state index < -0.39 is 75.7 Å². The molecule has 0 amide bonds. The number of phosphoric ester groups is 1. The lowest BCUT2D eigenvalue weighted by Crippen LogP contribution is -2.64. The summed E-state index contributed by atoms with van der Waals surface area (Å²) >= 11 is 0. The number of carbonyl (C=O) groups is 2. The summed E-state index contributed by atoms with van der Waals surface area (Å²) in [6.07, 6.45) is 7.86. The van der Waals surface area contributed by atoms with Gasteiger partial charge in [0, 0.05) is 12.8 Å². The average Bonchev–Trinajstić information content (AvgIpc) is 3.06. The molecule has 0 aromatic carbocycles. The van der Waals surface area contributed by atoms with Crippen molar-refractivity contribution in [2.75, 3.05) is 13.2 Å². The zero-order valence-corrected chi connectivity index (χ0v) is 30.2. The zero-order valence-electron chi connectivity index (χ0n) is 29.3. The van der Waals surface area contributed by atoms with E-state index in [4.69, 9.17) is 18.5 Å². The van der Waals surface area contributed by atoms with Crippen LogP contribution in [0.3, 0.4) is 0 Å². The van der Waals surface area contributed by atoms with Gasteiger partial charge in [0.05, 0.1) is 6.61 Å². The Hall–Kier alpha value is -1.15. The van der Waals surface area contributed by atoms with Crippen LogP contribution in [0, 0.1) is 0 Å². The number of rotatable bonds is 29. The van der Waals surface area contributed by atoms with Gasteiger partial charge in [-0.25, -0.2) is 4.57 Å². The number of unbranched alkanes of at least 4 members (excludes halogenated alkanes) is 17. The summed E-state index contributed by atoms with van der Waals surface area (Å²) in [5.74, 6) is -1.10. The van der Waals surface area contributed by atoms with E-state index in [-0.39, 0.29) is 12.8 Å². The first kappa shape index (κ1) is 44.9. The minimum Gasteiger partial charge on any atom is -0.462 e. The second kappa shape index (κ2) is 26.6. The van der Waals surface area contributed by atoms with Gasteiger partial charge < -0.3 is 39.9 Å². The molecule has 1 aliphatic carbocycles. The minimum atomic E-state index is -5.09. The molecule has 0 aromatic rings. The summed E-state index contributed by atoms with van der Waals surface area (Å²) in [7, 11) is -5.09. The van der Waals surface area contributed by atoms with Crippen LogP contribution in [0.5, 0.6) is 0 Å². The highest BCUT2D eigenvalue weighted by Crippen LogP contribution is 2.47. The lowest BCUT2D eigenvalue weighted by atomic mass is 9.85. The van der Waals surface area contributed by atoms with Crippen molar-refractivity contribution < 1.29 is 63.1 Å². The topological polar surface area (TPSA) is 210 Å². The van der Waals surface area contributed by atoms with Crippen LogP contribution in [0.1, 0.15) is 149 Å². The van der Waals surface area contributed by atoms with Gasteiger partial charge in [0.2, 0.25) is 0 Å². The molecule has 0 saturated heterocycles. The highest BCUT2D eigenvalue weighted by atomic mass is 31.2. The smallest absolute Gasteiger partial charge is 0.462 e. The van der Waals surface area contributed by atoms with Gasteiger partial charge in [-0.05, 0) is 12.8 Å². The van der Waals surface area contributed by atoms with Crippen molar-refractivity contribution in [2.45, 2.75) is 191 Å². The number of hydrogen-bond acceptors (Lipinski definition) is 12. The van der Waals surface area contributed by atoms with Crippen LogP contribution in [0.15, 0.2) is 0 Å². The molecule has 1 saturated carbocycles. The summed E-state index contributed by atoms with van der Waals surface area (Å²) in [4.78, 5) is 35.2. The predicted octanol–water partition coefficient (Wildman–Crippen LogP) is 4.99. The normalized spacial score (nSPS) is 24.6. The fourth-order valence-corrected chi connectivity index (χ4v) is 6.61. The molecule has 1 rings (SSSR count). The lowest BCUT2D eigenvalue weighted by molar-refractivity contribution is -0.220. The van der Waals surface area contributed by atoms with E-state index in [0.29, 0.717) is 12.8 Å². The maximum Gasteiger partial charge on any atom is 0.472 e. The molecule has 6 unspecified atom stereocenters. The van der Waals surface area contributed by atoms with E-state index in [9.17, 15) is 44.6 Å². The number of esters is 2. The van der Waals surface area contributed by atoms with Crippen molar-refractivity contribution in [1.82, 2.24) is 0 Å². The van der Waals surface area contributed by atoms with E-state index in [1.165, 1.54) is 57.8 Å². The molecule has 6 N–H and O–H groups in total. The molecular formula is C34H65O13P. The fourth-order valence-electron chi connectivity index (χ4n) is 5.64. The number of hydrogen-bond donors (Lipinski definition) is 6. The maximum atomic E-state index is 12.7. The van der Waals surface area contributed by atoms with Gasteiger partial charge in [0.15, 0.2) is 6.10 Å². The Morgan fingerprint density at radius 1 is 0.562 bits per heavy atom. The van der Waals surface area contributed by atoms with Crippen molar-refractivity contribution in [3.63, 3.8) is 0 Å². The Kier molecular flexibility index (Phi) is 24.9. The third-order valence-electron chi connectivity index (χ3n) is 8.70. The van der Waals surface area contributed by atoms with E-state index in [0.717, 1.165) is 51.4 Å². The van der Waals surface area contributed by atoms with Crippen LogP contribution >= 0.6 is 7.82 Å². The van der Waals surface area contributed by atoms with Crippen LogP contribution in [-0.4, -0.2) is 98.3 Å². The first-order valence-corrected chi connectivity index (χ1v) is 19.8. The standard InChI is InChI=1S/C34H65O13P/c1-3-5-7-9-11-12-13-14-15-17-19-21-23-28(36)46-26(24-44-27(35)22-20-18-16-10-8-6-4-2)25-45-48(42,43)47-34-32(40)30(38)29(37)31(39)33(34)41/h26,29-34,37-41H,3-25H2,1-2H3,(H,42,43)/t26-,29?,30-,31?,32?,33?,34?/m1/s1. The van der Waals surface area contributed by atoms with Crippen LogP contribution in [0.25, 0.3) is 0 Å². The van der Waals surface area contributed by atoms with Gasteiger partial charge >= 0.3 is 19.8 Å². The molecule has 8 atom stereocenters. The Morgan fingerprint density at radius 3 is 1.38 bits per heavy atom. The largest absolute Gasteiger partial charge is 0.472 e. The SMILES string of the molecule is CCCCCCCCCCCCCCC(=O)O[C@H](COC(=O)CCCCCCCCC)COP(=O)(O)OC1C(O)C(O)C(O)[C@@H](O)C1O. The van der Waals surface area contributed by atoms with Crippen LogP contribution in [0.2, 0.25) is 0 Å². The molecule has 0 radical (unpaired) electrons. The van der Waals surface area contributed by atoms with E-state index in [1.54, 1.807) is 0 Å². The molecule has 1 aliphatic rings. The fraction of sp³-hybridized carbons (Fsp3) is 0.941. The summed E-state index contributed by atoms with van der Waals surface area (Å²) in [6, 6.07) is 0. The van der Waals surface area contributed by atoms with E-state index in [1.807, 2.05) is 0 Å². The van der Waals surface area contributed by atoms with Gasteiger partial charge in [-0.2, -0.15) is 0 Å². The first-order valence-electron chi connectivity index (χ1n) is 18.3. The molecule has 0 bridgehead atoms. The summed E-state index contributed by atoms with van der Waals surface area (Å²) in [5, 5.41) is 49.8. The molecule has 14 heteroatoms. The first-order chi connectivity index (χ1) is 22.9. The molecule has 1 fully saturated rings. The Labute approximate surface area is 287 Å². The lowest BCUT2D eigenvalue weighted by Gasteiger charge is -2.41.